The van der Waals surface area contributed by atoms with E-state index in [2.05, 4.69) is 9.98 Å². The molecule has 3 rings (SSSR count). The summed E-state index contributed by atoms with van der Waals surface area (Å²) < 4.78 is 63.9. The van der Waals surface area contributed by atoms with Crippen molar-refractivity contribution >= 4 is 29.2 Å². The van der Waals surface area contributed by atoms with Crippen molar-refractivity contribution in [2.24, 2.45) is 21.3 Å². The molecule has 1 aliphatic carbocycles. The number of nitrogens with zero attached hydrogens (tertiary/aromatic N) is 2. The summed E-state index contributed by atoms with van der Waals surface area (Å²) in [6.45, 7) is 2.69. The van der Waals surface area contributed by atoms with E-state index in [9.17, 15) is 22.4 Å². The number of amides is 1. The van der Waals surface area contributed by atoms with Crippen molar-refractivity contribution in [3.8, 4) is 0 Å². The Kier molecular flexibility index (Phi) is 6.52. The predicted molar refractivity (Wildman–Crippen MR) is 103 cm³/mol. The number of hydrogen-bond acceptors (Lipinski definition) is 5. The standard InChI is InChI=1S/C19H22F4N2O3S/c1-18(2,19(21,22)23)10-28-11-7-13(20)16-14(8-11)24-15(25-17(16)26)9-29-12-3-5-27-6-4-12/h7-8,12,16H,3-6,9-10H2,1-2H3. The summed E-state index contributed by atoms with van der Waals surface area (Å²) in [6.07, 6.45) is -0.436. The monoisotopic (exact) mass is 434 g/mol. The number of rotatable bonds is 6. The molecule has 0 radical (unpaired) electrons. The summed E-state index contributed by atoms with van der Waals surface area (Å²) in [5.41, 5.74) is -2.00. The van der Waals surface area contributed by atoms with Gasteiger partial charge < -0.3 is 9.47 Å². The van der Waals surface area contributed by atoms with Crippen molar-refractivity contribution in [3.05, 3.63) is 23.7 Å². The van der Waals surface area contributed by atoms with Crippen molar-refractivity contribution < 1.29 is 31.8 Å². The lowest BCUT2D eigenvalue weighted by Crippen LogP contribution is -2.37. The first kappa shape index (κ1) is 22.0. The van der Waals surface area contributed by atoms with Gasteiger partial charge in [0.1, 0.15) is 29.9 Å². The molecule has 1 fully saturated rings. The minimum absolute atomic E-state index is 0.0963. The van der Waals surface area contributed by atoms with Gasteiger partial charge in [-0.3, -0.25) is 4.79 Å². The molecule has 1 amide bonds. The van der Waals surface area contributed by atoms with Crippen molar-refractivity contribution in [1.29, 1.82) is 0 Å². The van der Waals surface area contributed by atoms with Gasteiger partial charge in [0.05, 0.1) is 16.9 Å². The maximum Gasteiger partial charge on any atom is 0.397 e. The van der Waals surface area contributed by atoms with Crippen LogP contribution in [-0.2, 0) is 14.3 Å². The molecule has 0 bridgehead atoms. The van der Waals surface area contributed by atoms with E-state index in [-0.39, 0.29) is 17.3 Å². The third-order valence-corrected chi connectivity index (χ3v) is 6.24. The fraction of sp³-hybridized carbons (Fsp3) is 0.632. The van der Waals surface area contributed by atoms with Gasteiger partial charge in [0.2, 0.25) is 0 Å². The van der Waals surface area contributed by atoms with Crippen molar-refractivity contribution in [1.82, 2.24) is 0 Å². The number of carbonyl (C=O) groups excluding carboxylic acids is 1. The van der Waals surface area contributed by atoms with Gasteiger partial charge in [-0.2, -0.15) is 29.9 Å². The third-order valence-electron chi connectivity index (χ3n) is 4.87. The molecule has 0 spiro atoms. The summed E-state index contributed by atoms with van der Waals surface area (Å²) in [7, 11) is 0. The number of fused-ring (bicyclic) bond motifs is 1. The number of ether oxygens (including phenoxy) is 2. The van der Waals surface area contributed by atoms with Crippen LogP contribution in [0.15, 0.2) is 33.7 Å². The highest BCUT2D eigenvalue weighted by Crippen LogP contribution is 2.38. The number of aliphatic imine (C=N–C) groups is 2. The average Bonchev–Trinajstić information content (AvgIpc) is 2.64. The maximum atomic E-state index is 14.4. The molecule has 2 aliphatic heterocycles. The van der Waals surface area contributed by atoms with Crippen LogP contribution in [0.4, 0.5) is 17.6 Å². The fourth-order valence-electron chi connectivity index (χ4n) is 2.87. The first-order chi connectivity index (χ1) is 13.6. The highest BCUT2D eigenvalue weighted by Gasteiger charge is 2.48. The van der Waals surface area contributed by atoms with Gasteiger partial charge in [0.25, 0.3) is 5.91 Å². The fourth-order valence-corrected chi connectivity index (χ4v) is 3.91. The molecule has 2 heterocycles. The van der Waals surface area contributed by atoms with Crippen LogP contribution in [0.25, 0.3) is 0 Å². The molecule has 0 saturated carbocycles. The Hall–Kier alpha value is -1.68. The third kappa shape index (κ3) is 5.28. The summed E-state index contributed by atoms with van der Waals surface area (Å²) in [6, 6.07) is 0. The Morgan fingerprint density at radius 3 is 2.55 bits per heavy atom. The highest BCUT2D eigenvalue weighted by molar-refractivity contribution is 8.00. The van der Waals surface area contributed by atoms with Crippen LogP contribution >= 0.6 is 11.8 Å². The van der Waals surface area contributed by atoms with Gasteiger partial charge in [-0.05, 0) is 26.7 Å². The van der Waals surface area contributed by atoms with Crippen molar-refractivity contribution in [2.45, 2.75) is 38.1 Å². The van der Waals surface area contributed by atoms with Crippen LogP contribution in [0.1, 0.15) is 26.7 Å². The zero-order valence-electron chi connectivity index (χ0n) is 16.1. The lowest BCUT2D eigenvalue weighted by molar-refractivity contribution is -0.223. The highest BCUT2D eigenvalue weighted by atomic mass is 32.2. The van der Waals surface area contributed by atoms with Crippen LogP contribution in [0.5, 0.6) is 0 Å². The lowest BCUT2D eigenvalue weighted by Gasteiger charge is -2.29. The van der Waals surface area contributed by atoms with Gasteiger partial charge >= 0.3 is 6.18 Å². The zero-order chi connectivity index (χ0) is 21.2. The second-order valence-corrected chi connectivity index (χ2v) is 8.99. The topological polar surface area (TPSA) is 60.2 Å². The average molecular weight is 434 g/mol. The largest absolute Gasteiger partial charge is 0.493 e. The molecule has 0 aromatic rings. The van der Waals surface area contributed by atoms with E-state index in [0.29, 0.717) is 24.2 Å². The molecular weight excluding hydrogens is 412 g/mol. The van der Waals surface area contributed by atoms with Crippen molar-refractivity contribution in [3.63, 3.8) is 0 Å². The van der Waals surface area contributed by atoms with E-state index in [1.54, 1.807) is 11.8 Å². The first-order valence-electron chi connectivity index (χ1n) is 9.24. The second-order valence-electron chi connectivity index (χ2n) is 7.70. The number of allylic oxidation sites excluding steroid dienone is 2. The molecule has 0 aromatic carbocycles. The van der Waals surface area contributed by atoms with Gasteiger partial charge in [-0.15, -0.1) is 0 Å². The molecule has 10 heteroatoms. The van der Waals surface area contributed by atoms with Gasteiger partial charge in [0.15, 0.2) is 0 Å². The van der Waals surface area contributed by atoms with Crippen LogP contribution in [0.2, 0.25) is 0 Å². The summed E-state index contributed by atoms with van der Waals surface area (Å²) in [5, 5.41) is 0.376. The Morgan fingerprint density at radius 2 is 1.90 bits per heavy atom. The van der Waals surface area contributed by atoms with E-state index in [1.165, 1.54) is 6.08 Å². The molecule has 5 nitrogen and oxygen atoms in total. The zero-order valence-corrected chi connectivity index (χ0v) is 16.9. The van der Waals surface area contributed by atoms with Gasteiger partial charge in [0, 0.05) is 30.6 Å². The molecule has 1 saturated heterocycles. The molecule has 0 aromatic heterocycles. The normalized spacial score (nSPS) is 23.7. The maximum absolute atomic E-state index is 14.4. The Morgan fingerprint density at radius 1 is 1.21 bits per heavy atom. The molecule has 160 valence electrons. The van der Waals surface area contributed by atoms with Crippen LogP contribution < -0.4 is 0 Å². The number of thioether (sulfide) groups is 1. The second kappa shape index (κ2) is 8.59. The molecule has 0 N–H and O–H groups in total. The van der Waals surface area contributed by atoms with E-state index < -0.39 is 35.9 Å². The minimum atomic E-state index is -4.47. The quantitative estimate of drug-likeness (QED) is 0.587. The SMILES string of the molecule is CC(C)(COC1=CC2=NC(CSC3CCOCC3)=NC(=O)C2C(F)=C1)C(F)(F)F. The van der Waals surface area contributed by atoms with Crippen LogP contribution in [-0.4, -0.2) is 54.5 Å². The number of halogens is 4. The number of alkyl halides is 3. The van der Waals surface area contributed by atoms with E-state index in [0.717, 1.165) is 32.8 Å². The van der Waals surface area contributed by atoms with Gasteiger partial charge in [-0.1, -0.05) is 0 Å². The lowest BCUT2D eigenvalue weighted by atomic mass is 9.93. The molecule has 1 atom stereocenters. The van der Waals surface area contributed by atoms with Crippen molar-refractivity contribution in [2.75, 3.05) is 25.6 Å². The summed E-state index contributed by atoms with van der Waals surface area (Å²) >= 11 is 1.61. The number of amidine groups is 1. The number of carbonyl (C=O) groups is 1. The van der Waals surface area contributed by atoms with Gasteiger partial charge in [-0.25, -0.2) is 9.38 Å². The smallest absolute Gasteiger partial charge is 0.397 e. The van der Waals surface area contributed by atoms with Crippen LogP contribution in [0.3, 0.4) is 0 Å². The Bertz CT molecular complexity index is 781. The molecule has 1 unspecified atom stereocenters. The Balaban J connectivity index is 1.69. The van der Waals surface area contributed by atoms with Crippen LogP contribution in [0, 0.1) is 11.3 Å². The van der Waals surface area contributed by atoms with E-state index in [1.807, 2.05) is 0 Å². The summed E-state index contributed by atoms with van der Waals surface area (Å²) in [5.74, 6) is -2.19. The van der Waals surface area contributed by atoms with E-state index >= 15 is 0 Å². The first-order valence-corrected chi connectivity index (χ1v) is 10.3. The molecular formula is C19H22F4N2O3S. The molecule has 29 heavy (non-hydrogen) atoms. The summed E-state index contributed by atoms with van der Waals surface area (Å²) in [4.78, 5) is 20.4. The van der Waals surface area contributed by atoms with E-state index in [4.69, 9.17) is 9.47 Å². The Labute approximate surface area is 170 Å². The predicted octanol–water partition coefficient (Wildman–Crippen LogP) is 4.25. The minimum Gasteiger partial charge on any atom is -0.493 e. The molecule has 3 aliphatic rings. The number of hydrogen-bond donors (Lipinski definition) is 0.